The number of amides is 1. The molecule has 1 amide bonds. The molecule has 0 saturated carbocycles. The number of ether oxygens (including phenoxy) is 1. The Balaban J connectivity index is 0.00000243. The quantitative estimate of drug-likeness (QED) is 0.807. The molecule has 1 aromatic carbocycles. The summed E-state index contributed by atoms with van der Waals surface area (Å²) in [5, 5.41) is 10.3. The van der Waals surface area contributed by atoms with Crippen molar-refractivity contribution < 1.29 is 14.1 Å². The molecule has 3 rings (SSSR count). The topological polar surface area (TPSA) is 76.4 Å². The summed E-state index contributed by atoms with van der Waals surface area (Å²) in [7, 11) is 0. The first kappa shape index (κ1) is 20.3. The molecule has 0 spiro atoms. The molecule has 2 heterocycles. The van der Waals surface area contributed by atoms with E-state index in [2.05, 4.69) is 15.8 Å². The summed E-state index contributed by atoms with van der Waals surface area (Å²) in [4.78, 5) is 12.1. The highest BCUT2D eigenvalue weighted by molar-refractivity contribution is 5.85. The first-order chi connectivity index (χ1) is 12.1. The smallest absolute Gasteiger partial charge is 0.224 e. The minimum atomic E-state index is 0. The van der Waals surface area contributed by atoms with Gasteiger partial charge in [-0.05, 0) is 57.5 Å². The Labute approximate surface area is 160 Å². The summed E-state index contributed by atoms with van der Waals surface area (Å²) in [6.07, 6.45) is 2.40. The predicted octanol–water partition coefficient (Wildman–Crippen LogP) is 2.70. The van der Waals surface area contributed by atoms with Crippen molar-refractivity contribution in [2.45, 2.75) is 45.8 Å². The van der Waals surface area contributed by atoms with Crippen LogP contribution in [0, 0.1) is 13.8 Å². The molecule has 0 aliphatic carbocycles. The fraction of sp³-hybridized carbons (Fsp3) is 0.474. The second kappa shape index (κ2) is 9.59. The van der Waals surface area contributed by atoms with Crippen LogP contribution in [-0.4, -0.2) is 30.2 Å². The lowest BCUT2D eigenvalue weighted by Crippen LogP contribution is -2.43. The van der Waals surface area contributed by atoms with Gasteiger partial charge in [0.1, 0.15) is 18.1 Å². The molecule has 0 atom stereocenters. The zero-order valence-electron chi connectivity index (χ0n) is 15.2. The number of rotatable bonds is 6. The molecule has 6 nitrogen and oxygen atoms in total. The number of piperidine rings is 1. The van der Waals surface area contributed by atoms with E-state index in [0.29, 0.717) is 19.1 Å². The van der Waals surface area contributed by atoms with Crippen molar-refractivity contribution in [2.75, 3.05) is 13.1 Å². The maximum Gasteiger partial charge on any atom is 0.224 e. The van der Waals surface area contributed by atoms with Gasteiger partial charge >= 0.3 is 0 Å². The predicted molar refractivity (Wildman–Crippen MR) is 102 cm³/mol. The molecule has 0 unspecified atom stereocenters. The third-order valence-corrected chi connectivity index (χ3v) is 4.56. The lowest BCUT2D eigenvalue weighted by molar-refractivity contribution is -0.121. The van der Waals surface area contributed by atoms with Gasteiger partial charge in [-0.1, -0.05) is 17.3 Å². The lowest BCUT2D eigenvalue weighted by atomic mass is 10.1. The van der Waals surface area contributed by atoms with Crippen LogP contribution in [0.25, 0.3) is 0 Å². The maximum absolute atomic E-state index is 12.1. The second-order valence-electron chi connectivity index (χ2n) is 6.50. The number of hydrogen-bond donors (Lipinski definition) is 2. The molecular formula is C19H26ClN3O3. The number of nitrogens with one attached hydrogen (secondary N) is 2. The molecule has 142 valence electrons. The molecule has 7 heteroatoms. The zero-order chi connectivity index (χ0) is 17.6. The van der Waals surface area contributed by atoms with Crippen LogP contribution in [0.4, 0.5) is 0 Å². The summed E-state index contributed by atoms with van der Waals surface area (Å²) in [6.45, 7) is 6.16. The van der Waals surface area contributed by atoms with Crippen molar-refractivity contribution in [3.63, 3.8) is 0 Å². The van der Waals surface area contributed by atoms with Crippen molar-refractivity contribution in [3.05, 3.63) is 46.8 Å². The highest BCUT2D eigenvalue weighted by Gasteiger charge is 2.15. The van der Waals surface area contributed by atoms with Crippen LogP contribution in [-0.2, 0) is 17.8 Å². The van der Waals surface area contributed by atoms with Crippen molar-refractivity contribution in [1.82, 2.24) is 15.8 Å². The minimum absolute atomic E-state index is 0. The summed E-state index contributed by atoms with van der Waals surface area (Å²) in [6, 6.07) is 7.96. The SMILES string of the molecule is Cc1noc(C)c1COc1ccc(CC(=O)NC2CCNCC2)cc1.Cl. The Bertz CT molecular complexity index is 690. The van der Waals surface area contributed by atoms with Crippen LogP contribution < -0.4 is 15.4 Å². The number of carbonyl (C=O) groups is 1. The molecule has 2 N–H and O–H groups in total. The maximum atomic E-state index is 12.1. The Hall–Kier alpha value is -2.05. The largest absolute Gasteiger partial charge is 0.489 e. The van der Waals surface area contributed by atoms with E-state index in [9.17, 15) is 4.79 Å². The summed E-state index contributed by atoms with van der Waals surface area (Å²) >= 11 is 0. The molecule has 1 aliphatic rings. The van der Waals surface area contributed by atoms with Crippen LogP contribution in [0.15, 0.2) is 28.8 Å². The van der Waals surface area contributed by atoms with Gasteiger partial charge in [0.15, 0.2) is 0 Å². The van der Waals surface area contributed by atoms with Crippen LogP contribution in [0.5, 0.6) is 5.75 Å². The Morgan fingerprint density at radius 3 is 2.58 bits per heavy atom. The van der Waals surface area contributed by atoms with E-state index in [1.54, 1.807) is 0 Å². The van der Waals surface area contributed by atoms with Gasteiger partial charge in [-0.3, -0.25) is 4.79 Å². The number of hydrogen-bond acceptors (Lipinski definition) is 5. The molecule has 1 aromatic heterocycles. The molecule has 1 fully saturated rings. The second-order valence-corrected chi connectivity index (χ2v) is 6.50. The first-order valence-corrected chi connectivity index (χ1v) is 8.75. The van der Waals surface area contributed by atoms with Gasteiger partial charge < -0.3 is 19.9 Å². The Morgan fingerprint density at radius 2 is 1.96 bits per heavy atom. The lowest BCUT2D eigenvalue weighted by Gasteiger charge is -2.23. The van der Waals surface area contributed by atoms with E-state index in [1.807, 2.05) is 38.1 Å². The number of aromatic nitrogens is 1. The highest BCUT2D eigenvalue weighted by Crippen LogP contribution is 2.18. The van der Waals surface area contributed by atoms with Crippen molar-refractivity contribution in [3.8, 4) is 5.75 Å². The third kappa shape index (κ3) is 5.47. The average molecular weight is 380 g/mol. The summed E-state index contributed by atoms with van der Waals surface area (Å²) in [5.41, 5.74) is 2.81. The summed E-state index contributed by atoms with van der Waals surface area (Å²) < 4.78 is 10.9. The Kier molecular flexibility index (Phi) is 7.48. The van der Waals surface area contributed by atoms with E-state index >= 15 is 0 Å². The van der Waals surface area contributed by atoms with Crippen LogP contribution >= 0.6 is 12.4 Å². The molecule has 1 aliphatic heterocycles. The van der Waals surface area contributed by atoms with Crippen LogP contribution in [0.3, 0.4) is 0 Å². The molecular weight excluding hydrogens is 354 g/mol. The third-order valence-electron chi connectivity index (χ3n) is 4.56. The fourth-order valence-electron chi connectivity index (χ4n) is 3.00. The van der Waals surface area contributed by atoms with E-state index in [4.69, 9.17) is 9.26 Å². The Morgan fingerprint density at radius 1 is 1.27 bits per heavy atom. The van der Waals surface area contributed by atoms with Gasteiger partial charge in [-0.15, -0.1) is 12.4 Å². The van der Waals surface area contributed by atoms with Crippen molar-refractivity contribution in [2.24, 2.45) is 0 Å². The number of aryl methyl sites for hydroxylation is 2. The van der Waals surface area contributed by atoms with Gasteiger partial charge in [0.25, 0.3) is 0 Å². The fourth-order valence-corrected chi connectivity index (χ4v) is 3.00. The highest BCUT2D eigenvalue weighted by atomic mass is 35.5. The normalized spacial score (nSPS) is 14.5. The molecule has 0 bridgehead atoms. The number of nitrogens with zero attached hydrogens (tertiary/aromatic N) is 1. The van der Waals surface area contributed by atoms with Crippen molar-refractivity contribution in [1.29, 1.82) is 0 Å². The number of benzene rings is 1. The van der Waals surface area contributed by atoms with Gasteiger partial charge in [0, 0.05) is 6.04 Å². The number of carbonyl (C=O) groups excluding carboxylic acids is 1. The van der Waals surface area contributed by atoms with Gasteiger partial charge in [0.2, 0.25) is 5.91 Å². The van der Waals surface area contributed by atoms with Gasteiger partial charge in [-0.25, -0.2) is 0 Å². The monoisotopic (exact) mass is 379 g/mol. The number of halogens is 1. The van der Waals surface area contributed by atoms with E-state index < -0.39 is 0 Å². The van der Waals surface area contributed by atoms with Crippen LogP contribution in [0.2, 0.25) is 0 Å². The van der Waals surface area contributed by atoms with E-state index in [-0.39, 0.29) is 18.3 Å². The molecule has 2 aromatic rings. The molecule has 26 heavy (non-hydrogen) atoms. The minimum Gasteiger partial charge on any atom is -0.489 e. The first-order valence-electron chi connectivity index (χ1n) is 8.75. The van der Waals surface area contributed by atoms with Crippen LogP contribution in [0.1, 0.15) is 35.4 Å². The van der Waals surface area contributed by atoms with E-state index in [0.717, 1.165) is 54.3 Å². The zero-order valence-corrected chi connectivity index (χ0v) is 16.0. The van der Waals surface area contributed by atoms with Crippen molar-refractivity contribution >= 4 is 18.3 Å². The summed E-state index contributed by atoms with van der Waals surface area (Å²) in [5.74, 6) is 1.63. The van der Waals surface area contributed by atoms with Gasteiger partial charge in [-0.2, -0.15) is 0 Å². The van der Waals surface area contributed by atoms with E-state index in [1.165, 1.54) is 0 Å². The standard InChI is InChI=1S/C19H25N3O3.ClH/c1-13-18(14(2)25-22-13)12-24-17-5-3-15(4-6-17)11-19(23)21-16-7-9-20-10-8-16;/h3-6,16,20H,7-12H2,1-2H3,(H,21,23);1H. The van der Waals surface area contributed by atoms with Gasteiger partial charge in [0.05, 0.1) is 17.7 Å². The molecule has 1 saturated heterocycles. The molecule has 0 radical (unpaired) electrons. The average Bonchev–Trinajstić information content (AvgIpc) is 2.93.